The summed E-state index contributed by atoms with van der Waals surface area (Å²) in [7, 11) is -2.79. The zero-order valence-electron chi connectivity index (χ0n) is 9.04. The Kier molecular flexibility index (Phi) is 6.39. The molecule has 13 heavy (non-hydrogen) atoms. The summed E-state index contributed by atoms with van der Waals surface area (Å²) in [6.45, 7) is 5.85. The van der Waals surface area contributed by atoms with Gasteiger partial charge in [-0.15, -0.1) is 0 Å². The van der Waals surface area contributed by atoms with Crippen molar-refractivity contribution >= 4 is 9.84 Å². The summed E-state index contributed by atoms with van der Waals surface area (Å²) in [5.41, 5.74) is 0. The fraction of sp³-hybridized carbons (Fsp3) is 1.00. The highest BCUT2D eigenvalue weighted by Gasteiger charge is 2.17. The first-order chi connectivity index (χ1) is 6.04. The Labute approximate surface area is 82.6 Å². The molecule has 0 aromatic heterocycles. The van der Waals surface area contributed by atoms with Crippen molar-refractivity contribution in [3.8, 4) is 0 Å². The zero-order chi connectivity index (χ0) is 10.3. The molecule has 0 N–H and O–H groups in total. The van der Waals surface area contributed by atoms with Gasteiger partial charge in [-0.05, 0) is 19.8 Å². The first-order valence-corrected chi connectivity index (χ1v) is 6.97. The Hall–Kier alpha value is -0.0500. The number of hydrogen-bond acceptors (Lipinski definition) is 2. The smallest absolute Gasteiger partial charge is 0.152 e. The second-order valence-electron chi connectivity index (χ2n) is 3.65. The highest BCUT2D eigenvalue weighted by atomic mass is 32.2. The van der Waals surface area contributed by atoms with Crippen LogP contribution >= 0.6 is 0 Å². The molecular formula is C10H22O2S. The van der Waals surface area contributed by atoms with E-state index in [1.807, 2.05) is 6.92 Å². The average Bonchev–Trinajstić information content (AvgIpc) is 2.11. The Morgan fingerprint density at radius 1 is 1.08 bits per heavy atom. The van der Waals surface area contributed by atoms with Gasteiger partial charge in [0.15, 0.2) is 9.84 Å². The number of unbranched alkanes of at least 4 members (excludes halogenated alkanes) is 3. The Morgan fingerprint density at radius 2 is 1.69 bits per heavy atom. The second-order valence-corrected chi connectivity index (χ2v) is 6.19. The van der Waals surface area contributed by atoms with Crippen LogP contribution in [-0.2, 0) is 9.84 Å². The van der Waals surface area contributed by atoms with Crippen LogP contribution in [0.2, 0.25) is 0 Å². The molecule has 0 spiro atoms. The highest BCUT2D eigenvalue weighted by Crippen LogP contribution is 2.09. The monoisotopic (exact) mass is 206 g/mol. The lowest BCUT2D eigenvalue weighted by Gasteiger charge is -2.09. The molecule has 0 aliphatic rings. The molecule has 0 saturated heterocycles. The van der Waals surface area contributed by atoms with Gasteiger partial charge >= 0.3 is 0 Å². The van der Waals surface area contributed by atoms with Crippen LogP contribution in [0.5, 0.6) is 0 Å². The molecule has 0 amide bonds. The lowest BCUT2D eigenvalue weighted by Crippen LogP contribution is -2.20. The molecule has 0 aromatic rings. The molecule has 1 atom stereocenters. The van der Waals surface area contributed by atoms with Crippen molar-refractivity contribution in [1.82, 2.24) is 0 Å². The van der Waals surface area contributed by atoms with Gasteiger partial charge < -0.3 is 0 Å². The van der Waals surface area contributed by atoms with Gasteiger partial charge in [0.05, 0.1) is 11.0 Å². The van der Waals surface area contributed by atoms with E-state index in [4.69, 9.17) is 0 Å². The van der Waals surface area contributed by atoms with E-state index in [1.54, 1.807) is 6.92 Å². The predicted molar refractivity (Wildman–Crippen MR) is 57.7 cm³/mol. The molecule has 0 radical (unpaired) electrons. The number of sulfone groups is 1. The first kappa shape index (κ1) is 12.9. The van der Waals surface area contributed by atoms with Crippen LogP contribution in [0.15, 0.2) is 0 Å². The minimum atomic E-state index is -2.79. The summed E-state index contributed by atoms with van der Waals surface area (Å²) in [6.07, 6.45) is 4.92. The SMILES string of the molecule is CCCCCCS(=O)(=O)C(C)CC. The predicted octanol–water partition coefficient (Wildman–Crippen LogP) is 2.78. The molecule has 0 saturated carbocycles. The van der Waals surface area contributed by atoms with Crippen molar-refractivity contribution in [3.63, 3.8) is 0 Å². The maximum Gasteiger partial charge on any atom is 0.152 e. The van der Waals surface area contributed by atoms with Crippen LogP contribution in [0.25, 0.3) is 0 Å². The quantitative estimate of drug-likeness (QED) is 0.600. The van der Waals surface area contributed by atoms with Gasteiger partial charge in [0.2, 0.25) is 0 Å². The molecule has 2 nitrogen and oxygen atoms in total. The zero-order valence-corrected chi connectivity index (χ0v) is 9.86. The molecule has 0 fully saturated rings. The van der Waals surface area contributed by atoms with Gasteiger partial charge in [0.25, 0.3) is 0 Å². The van der Waals surface area contributed by atoms with E-state index in [0.29, 0.717) is 5.75 Å². The van der Waals surface area contributed by atoms with E-state index in [1.165, 1.54) is 0 Å². The third kappa shape index (κ3) is 5.29. The Morgan fingerprint density at radius 3 is 2.15 bits per heavy atom. The molecule has 1 unspecified atom stereocenters. The Balaban J connectivity index is 3.77. The molecule has 0 aromatic carbocycles. The normalized spacial score (nSPS) is 14.4. The van der Waals surface area contributed by atoms with Gasteiger partial charge in [-0.25, -0.2) is 8.42 Å². The fourth-order valence-electron chi connectivity index (χ4n) is 1.19. The maximum atomic E-state index is 11.5. The minimum Gasteiger partial charge on any atom is -0.229 e. The Bertz CT molecular complexity index is 207. The first-order valence-electron chi connectivity index (χ1n) is 5.26. The third-order valence-corrected chi connectivity index (χ3v) is 4.89. The van der Waals surface area contributed by atoms with Crippen LogP contribution in [0, 0.1) is 0 Å². The lowest BCUT2D eigenvalue weighted by molar-refractivity contribution is 0.574. The summed E-state index contributed by atoms with van der Waals surface area (Å²) in [5.74, 6) is 0.377. The molecule has 0 heterocycles. The topological polar surface area (TPSA) is 34.1 Å². The molecule has 80 valence electrons. The summed E-state index contributed by atoms with van der Waals surface area (Å²) >= 11 is 0. The van der Waals surface area contributed by atoms with E-state index in [2.05, 4.69) is 6.92 Å². The summed E-state index contributed by atoms with van der Waals surface area (Å²) in [4.78, 5) is 0. The van der Waals surface area contributed by atoms with Crippen LogP contribution in [0.4, 0.5) is 0 Å². The molecule has 0 rings (SSSR count). The van der Waals surface area contributed by atoms with Crippen molar-refractivity contribution in [2.45, 2.75) is 58.1 Å². The second kappa shape index (κ2) is 6.41. The van der Waals surface area contributed by atoms with Crippen molar-refractivity contribution in [3.05, 3.63) is 0 Å². The van der Waals surface area contributed by atoms with Crippen molar-refractivity contribution in [2.24, 2.45) is 0 Å². The van der Waals surface area contributed by atoms with Crippen LogP contribution < -0.4 is 0 Å². The molecule has 0 aliphatic carbocycles. The van der Waals surface area contributed by atoms with E-state index < -0.39 is 9.84 Å². The van der Waals surface area contributed by atoms with Gasteiger partial charge in [0, 0.05) is 0 Å². The summed E-state index contributed by atoms with van der Waals surface area (Å²) in [6, 6.07) is 0. The average molecular weight is 206 g/mol. The molecule has 0 bridgehead atoms. The largest absolute Gasteiger partial charge is 0.229 e. The van der Waals surface area contributed by atoms with Gasteiger partial charge in [0.1, 0.15) is 0 Å². The summed E-state index contributed by atoms with van der Waals surface area (Å²) < 4.78 is 23.0. The van der Waals surface area contributed by atoms with Crippen molar-refractivity contribution in [1.29, 1.82) is 0 Å². The van der Waals surface area contributed by atoms with E-state index >= 15 is 0 Å². The van der Waals surface area contributed by atoms with E-state index in [-0.39, 0.29) is 5.25 Å². The summed E-state index contributed by atoms with van der Waals surface area (Å²) in [5, 5.41) is -0.158. The number of rotatable bonds is 7. The van der Waals surface area contributed by atoms with Crippen LogP contribution in [0.3, 0.4) is 0 Å². The fourth-order valence-corrected chi connectivity index (χ4v) is 2.70. The number of hydrogen-bond donors (Lipinski definition) is 0. The minimum absolute atomic E-state index is 0.158. The van der Waals surface area contributed by atoms with Crippen molar-refractivity contribution < 1.29 is 8.42 Å². The van der Waals surface area contributed by atoms with Crippen LogP contribution in [0.1, 0.15) is 52.9 Å². The standard InChI is InChI=1S/C10H22O2S/c1-4-6-7-8-9-13(11,12)10(3)5-2/h10H,4-9H2,1-3H3. The van der Waals surface area contributed by atoms with E-state index in [0.717, 1.165) is 32.1 Å². The van der Waals surface area contributed by atoms with Gasteiger partial charge in [-0.1, -0.05) is 33.1 Å². The highest BCUT2D eigenvalue weighted by molar-refractivity contribution is 7.91. The van der Waals surface area contributed by atoms with Gasteiger partial charge in [-0.2, -0.15) is 0 Å². The third-order valence-electron chi connectivity index (χ3n) is 2.47. The maximum absolute atomic E-state index is 11.5. The molecular weight excluding hydrogens is 184 g/mol. The molecule has 3 heteroatoms. The van der Waals surface area contributed by atoms with Crippen molar-refractivity contribution in [2.75, 3.05) is 5.75 Å². The van der Waals surface area contributed by atoms with Gasteiger partial charge in [-0.3, -0.25) is 0 Å². The molecule has 0 aliphatic heterocycles. The van der Waals surface area contributed by atoms with Crippen LogP contribution in [-0.4, -0.2) is 19.4 Å². The lowest BCUT2D eigenvalue weighted by atomic mass is 10.2. The van der Waals surface area contributed by atoms with E-state index in [9.17, 15) is 8.42 Å².